The van der Waals surface area contributed by atoms with Crippen molar-refractivity contribution in [2.24, 2.45) is 11.7 Å². The minimum Gasteiger partial charge on any atom is -0.480 e. The zero-order chi connectivity index (χ0) is 21.3. The average molecular weight is 417 g/mol. The number of carboxylic acids is 1. The molecule has 0 aromatic carbocycles. The summed E-state index contributed by atoms with van der Waals surface area (Å²) in [4.78, 5) is 50.4. The lowest BCUT2D eigenvalue weighted by Gasteiger charge is -2.30. The van der Waals surface area contributed by atoms with Crippen LogP contribution >= 0.6 is 11.8 Å². The summed E-state index contributed by atoms with van der Waals surface area (Å²) in [6.07, 6.45) is 4.04. The van der Waals surface area contributed by atoms with Gasteiger partial charge in [0.15, 0.2) is 0 Å². The van der Waals surface area contributed by atoms with Gasteiger partial charge in [-0.05, 0) is 37.2 Å². The van der Waals surface area contributed by atoms with Crippen LogP contribution in [0.4, 0.5) is 0 Å². The van der Waals surface area contributed by atoms with Gasteiger partial charge in [-0.1, -0.05) is 20.3 Å². The summed E-state index contributed by atoms with van der Waals surface area (Å²) in [6, 6.07) is -2.48. The molecule has 0 radical (unpaired) electrons. The number of carbonyl (C=O) groups excluding carboxylic acids is 3. The van der Waals surface area contributed by atoms with Crippen LogP contribution in [0.1, 0.15) is 39.5 Å². The molecule has 0 saturated carbocycles. The number of hydrogen-bond acceptors (Lipinski definition) is 6. The minimum absolute atomic E-state index is 0.220. The Morgan fingerprint density at radius 2 is 1.96 bits per heavy atom. The van der Waals surface area contributed by atoms with E-state index in [1.807, 2.05) is 13.2 Å². The van der Waals surface area contributed by atoms with Crippen LogP contribution in [0.5, 0.6) is 0 Å². The number of likely N-dealkylation sites (tertiary alicyclic amines) is 1. The van der Waals surface area contributed by atoms with Crippen LogP contribution in [0.3, 0.4) is 0 Å². The molecule has 1 heterocycles. The van der Waals surface area contributed by atoms with E-state index in [1.54, 1.807) is 18.7 Å². The summed E-state index contributed by atoms with van der Waals surface area (Å²) in [5.74, 6) is -1.88. The molecule has 4 unspecified atom stereocenters. The molecular formula is C18H32N4O5S. The Morgan fingerprint density at radius 3 is 2.50 bits per heavy atom. The second-order valence-electron chi connectivity index (χ2n) is 7.01. The quantitative estimate of drug-likeness (QED) is 0.365. The monoisotopic (exact) mass is 416 g/mol. The van der Waals surface area contributed by atoms with Crippen LogP contribution in [0.2, 0.25) is 0 Å². The van der Waals surface area contributed by atoms with Crippen molar-refractivity contribution >= 4 is 35.5 Å². The van der Waals surface area contributed by atoms with Gasteiger partial charge in [0.05, 0.1) is 6.54 Å². The Hall–Kier alpha value is -1.81. The fraction of sp³-hybridized carbons (Fsp3) is 0.778. The Bertz CT molecular complexity index is 574. The first-order chi connectivity index (χ1) is 13.3. The summed E-state index contributed by atoms with van der Waals surface area (Å²) < 4.78 is 0. The maximum atomic E-state index is 13.0. The molecule has 0 bridgehead atoms. The number of rotatable bonds is 11. The number of carbonyl (C=O) groups is 4. The smallest absolute Gasteiger partial charge is 0.326 e. The van der Waals surface area contributed by atoms with Crippen molar-refractivity contribution in [2.75, 3.05) is 25.1 Å². The van der Waals surface area contributed by atoms with E-state index in [0.29, 0.717) is 38.0 Å². The first-order valence-electron chi connectivity index (χ1n) is 9.58. The molecule has 0 spiro atoms. The van der Waals surface area contributed by atoms with Crippen LogP contribution in [0, 0.1) is 5.92 Å². The van der Waals surface area contributed by atoms with E-state index in [4.69, 9.17) is 5.73 Å². The number of hydrogen-bond donors (Lipinski definition) is 4. The summed E-state index contributed by atoms with van der Waals surface area (Å²) in [7, 11) is 0. The second kappa shape index (κ2) is 11.9. The molecule has 0 aromatic heterocycles. The van der Waals surface area contributed by atoms with Gasteiger partial charge in [-0.2, -0.15) is 11.8 Å². The molecule has 9 nitrogen and oxygen atoms in total. The largest absolute Gasteiger partial charge is 0.480 e. The SMILES string of the molecule is CCC(C)C(NC(=O)C1CCCN1C(=O)C(CCSC)NC(=O)CN)C(=O)O. The van der Waals surface area contributed by atoms with Crippen molar-refractivity contribution in [3.63, 3.8) is 0 Å². The molecule has 1 rings (SSSR count). The normalized spacial score (nSPS) is 19.6. The van der Waals surface area contributed by atoms with E-state index in [-0.39, 0.29) is 18.4 Å². The highest BCUT2D eigenvalue weighted by atomic mass is 32.2. The number of nitrogens with two attached hydrogens (primary N) is 1. The van der Waals surface area contributed by atoms with Gasteiger partial charge in [-0.15, -0.1) is 0 Å². The number of carboxylic acid groups (broad SMARTS) is 1. The summed E-state index contributed by atoms with van der Waals surface area (Å²) in [5, 5.41) is 14.6. The van der Waals surface area contributed by atoms with E-state index in [1.165, 1.54) is 4.90 Å². The molecule has 10 heteroatoms. The standard InChI is InChI=1S/C18H32N4O5S/c1-4-11(2)15(18(26)27)21-16(24)13-6-5-8-22(13)17(25)12(7-9-28-3)20-14(23)10-19/h11-13,15H,4-10,19H2,1-3H3,(H,20,23)(H,21,24)(H,26,27). The number of aliphatic carboxylic acids is 1. The number of nitrogens with one attached hydrogen (secondary N) is 2. The molecule has 3 amide bonds. The first-order valence-corrected chi connectivity index (χ1v) is 11.0. The van der Waals surface area contributed by atoms with Gasteiger partial charge >= 0.3 is 5.97 Å². The van der Waals surface area contributed by atoms with Crippen molar-refractivity contribution in [1.82, 2.24) is 15.5 Å². The van der Waals surface area contributed by atoms with Gasteiger partial charge in [0.1, 0.15) is 18.1 Å². The third-order valence-electron chi connectivity index (χ3n) is 5.04. The molecule has 160 valence electrons. The Kier molecular flexibility index (Phi) is 10.3. The highest BCUT2D eigenvalue weighted by Gasteiger charge is 2.39. The van der Waals surface area contributed by atoms with Crippen LogP contribution in [0.15, 0.2) is 0 Å². The molecule has 28 heavy (non-hydrogen) atoms. The molecule has 1 aliphatic rings. The van der Waals surface area contributed by atoms with Crippen molar-refractivity contribution in [3.05, 3.63) is 0 Å². The number of nitrogens with zero attached hydrogens (tertiary/aromatic N) is 1. The third-order valence-corrected chi connectivity index (χ3v) is 5.69. The number of thioether (sulfide) groups is 1. The molecule has 1 fully saturated rings. The maximum Gasteiger partial charge on any atom is 0.326 e. The van der Waals surface area contributed by atoms with Gasteiger partial charge in [0, 0.05) is 6.54 Å². The zero-order valence-electron chi connectivity index (χ0n) is 16.8. The van der Waals surface area contributed by atoms with Crippen molar-refractivity contribution in [3.8, 4) is 0 Å². The summed E-state index contributed by atoms with van der Waals surface area (Å²) in [5.41, 5.74) is 5.34. The first kappa shape index (κ1) is 24.2. The third kappa shape index (κ3) is 6.66. The average Bonchev–Trinajstić information content (AvgIpc) is 3.17. The van der Waals surface area contributed by atoms with Gasteiger partial charge in [-0.25, -0.2) is 4.79 Å². The fourth-order valence-electron chi connectivity index (χ4n) is 3.18. The lowest BCUT2D eigenvalue weighted by Crippen LogP contribution is -2.56. The highest BCUT2D eigenvalue weighted by molar-refractivity contribution is 7.98. The topological polar surface area (TPSA) is 142 Å². The molecule has 1 saturated heterocycles. The van der Waals surface area contributed by atoms with E-state index in [9.17, 15) is 24.3 Å². The fourth-order valence-corrected chi connectivity index (χ4v) is 3.65. The summed E-state index contributed by atoms with van der Waals surface area (Å²) >= 11 is 1.55. The highest BCUT2D eigenvalue weighted by Crippen LogP contribution is 2.20. The van der Waals surface area contributed by atoms with Gasteiger partial charge in [-0.3, -0.25) is 14.4 Å². The predicted molar refractivity (Wildman–Crippen MR) is 108 cm³/mol. The minimum atomic E-state index is -1.09. The van der Waals surface area contributed by atoms with Gasteiger partial charge in [0.2, 0.25) is 17.7 Å². The van der Waals surface area contributed by atoms with E-state index in [2.05, 4.69) is 10.6 Å². The van der Waals surface area contributed by atoms with E-state index in [0.717, 1.165) is 0 Å². The Labute approximate surface area is 170 Å². The van der Waals surface area contributed by atoms with Crippen molar-refractivity contribution < 1.29 is 24.3 Å². The van der Waals surface area contributed by atoms with Crippen molar-refractivity contribution in [1.29, 1.82) is 0 Å². The van der Waals surface area contributed by atoms with Crippen LogP contribution in [0.25, 0.3) is 0 Å². The molecule has 4 atom stereocenters. The molecule has 0 aromatic rings. The zero-order valence-corrected chi connectivity index (χ0v) is 17.6. The lowest BCUT2D eigenvalue weighted by molar-refractivity contribution is -0.146. The van der Waals surface area contributed by atoms with E-state index < -0.39 is 35.9 Å². The van der Waals surface area contributed by atoms with Crippen LogP contribution in [-0.2, 0) is 19.2 Å². The Balaban J connectivity index is 2.89. The molecular weight excluding hydrogens is 384 g/mol. The second-order valence-corrected chi connectivity index (χ2v) is 7.99. The van der Waals surface area contributed by atoms with Gasteiger partial charge < -0.3 is 26.4 Å². The van der Waals surface area contributed by atoms with E-state index >= 15 is 0 Å². The molecule has 0 aliphatic carbocycles. The van der Waals surface area contributed by atoms with Crippen LogP contribution in [-0.4, -0.2) is 76.9 Å². The van der Waals surface area contributed by atoms with Crippen LogP contribution < -0.4 is 16.4 Å². The summed E-state index contributed by atoms with van der Waals surface area (Å²) in [6.45, 7) is 3.79. The molecule has 1 aliphatic heterocycles. The maximum absolute atomic E-state index is 13.0. The van der Waals surface area contributed by atoms with Gasteiger partial charge in [0.25, 0.3) is 0 Å². The Morgan fingerprint density at radius 1 is 1.29 bits per heavy atom. The predicted octanol–water partition coefficient (Wildman–Crippen LogP) is -0.210. The number of amides is 3. The molecule has 5 N–H and O–H groups in total. The van der Waals surface area contributed by atoms with Crippen molar-refractivity contribution in [2.45, 2.75) is 57.7 Å². The lowest BCUT2D eigenvalue weighted by atomic mass is 9.98.